The molecule has 0 radical (unpaired) electrons. The zero-order valence-electron chi connectivity index (χ0n) is 11.7. The van der Waals surface area contributed by atoms with Gasteiger partial charge in [0.1, 0.15) is 11.9 Å². The average Bonchev–Trinajstić information content (AvgIpc) is 2.45. The van der Waals surface area contributed by atoms with Crippen molar-refractivity contribution in [3.63, 3.8) is 0 Å². The number of amides is 1. The van der Waals surface area contributed by atoms with Crippen molar-refractivity contribution in [3.8, 4) is 0 Å². The third-order valence-corrected chi connectivity index (χ3v) is 3.58. The Kier molecular flexibility index (Phi) is 7.18. The first-order chi connectivity index (χ1) is 9.93. The van der Waals surface area contributed by atoms with E-state index in [0.29, 0.717) is 12.0 Å². The molecule has 7 heteroatoms. The monoisotopic (exact) mass is 314 g/mol. The molecule has 2 atom stereocenters. The summed E-state index contributed by atoms with van der Waals surface area (Å²) in [5.74, 6) is -1.30. The highest BCUT2D eigenvalue weighted by molar-refractivity contribution is 7.98. The molecular weight excluding hydrogens is 295 g/mol. The number of nitrogens with one attached hydrogen (secondary N) is 1. The van der Waals surface area contributed by atoms with E-state index < -0.39 is 29.8 Å². The minimum absolute atomic E-state index is 0.0800. The Balaban J connectivity index is 2.63. The minimum atomic E-state index is -1.15. The molecule has 0 aliphatic carbocycles. The van der Waals surface area contributed by atoms with Crippen LogP contribution in [0.5, 0.6) is 0 Å². The number of aliphatic carboxylic acids is 1. The van der Waals surface area contributed by atoms with Gasteiger partial charge in [0.25, 0.3) is 0 Å². The molecule has 5 nitrogen and oxygen atoms in total. The van der Waals surface area contributed by atoms with Gasteiger partial charge in [0, 0.05) is 6.42 Å². The minimum Gasteiger partial charge on any atom is -0.480 e. The number of benzene rings is 1. The fraction of sp³-hybridized carbons (Fsp3) is 0.429. The summed E-state index contributed by atoms with van der Waals surface area (Å²) in [6, 6.07) is 3.67. The fourth-order valence-electron chi connectivity index (χ4n) is 1.71. The molecule has 1 aromatic rings. The molecule has 1 amide bonds. The molecule has 1 aromatic carbocycles. The summed E-state index contributed by atoms with van der Waals surface area (Å²) in [6.45, 7) is 0. The Hall–Kier alpha value is -1.60. The van der Waals surface area contributed by atoms with Gasteiger partial charge >= 0.3 is 5.97 Å². The average molecular weight is 314 g/mol. The van der Waals surface area contributed by atoms with Crippen LogP contribution in [0.2, 0.25) is 0 Å². The number of thioether (sulfide) groups is 1. The van der Waals surface area contributed by atoms with E-state index in [1.165, 1.54) is 24.3 Å². The molecule has 0 saturated carbocycles. The number of carboxylic acids is 1. The SMILES string of the molecule is CSCCC(N)C(=O)NC(Cc1ccc(F)cc1)C(=O)O. The van der Waals surface area contributed by atoms with Crippen LogP contribution in [0, 0.1) is 5.82 Å². The smallest absolute Gasteiger partial charge is 0.326 e. The first-order valence-corrected chi connectivity index (χ1v) is 7.85. The molecule has 0 aromatic heterocycles. The van der Waals surface area contributed by atoms with E-state index in [1.54, 1.807) is 11.8 Å². The van der Waals surface area contributed by atoms with Gasteiger partial charge in [-0.2, -0.15) is 11.8 Å². The molecule has 0 fully saturated rings. The van der Waals surface area contributed by atoms with Crippen LogP contribution in [0.1, 0.15) is 12.0 Å². The number of hydrogen-bond acceptors (Lipinski definition) is 4. The van der Waals surface area contributed by atoms with Crippen molar-refractivity contribution >= 4 is 23.6 Å². The summed E-state index contributed by atoms with van der Waals surface area (Å²) in [5, 5.41) is 11.6. The second-order valence-electron chi connectivity index (χ2n) is 4.62. The van der Waals surface area contributed by atoms with Crippen LogP contribution in [-0.4, -0.2) is 41.1 Å². The van der Waals surface area contributed by atoms with E-state index in [-0.39, 0.29) is 6.42 Å². The van der Waals surface area contributed by atoms with Crippen LogP contribution >= 0.6 is 11.8 Å². The van der Waals surface area contributed by atoms with Gasteiger partial charge in [-0.25, -0.2) is 9.18 Å². The zero-order chi connectivity index (χ0) is 15.8. The van der Waals surface area contributed by atoms with Crippen LogP contribution in [-0.2, 0) is 16.0 Å². The molecular formula is C14H19FN2O3S. The first kappa shape index (κ1) is 17.5. The van der Waals surface area contributed by atoms with E-state index in [1.807, 2.05) is 6.26 Å². The van der Waals surface area contributed by atoms with Gasteiger partial charge in [-0.3, -0.25) is 4.79 Å². The molecule has 0 bridgehead atoms. The number of nitrogens with two attached hydrogens (primary N) is 1. The third kappa shape index (κ3) is 6.14. The van der Waals surface area contributed by atoms with Gasteiger partial charge in [0.05, 0.1) is 6.04 Å². The number of rotatable bonds is 8. The lowest BCUT2D eigenvalue weighted by Gasteiger charge is -2.17. The summed E-state index contributed by atoms with van der Waals surface area (Å²) < 4.78 is 12.8. The van der Waals surface area contributed by atoms with Crippen molar-refractivity contribution < 1.29 is 19.1 Å². The number of carbonyl (C=O) groups is 2. The maximum atomic E-state index is 12.8. The Morgan fingerprint density at radius 1 is 1.38 bits per heavy atom. The lowest BCUT2D eigenvalue weighted by atomic mass is 10.1. The normalized spacial score (nSPS) is 13.5. The molecule has 0 spiro atoms. The van der Waals surface area contributed by atoms with Crippen molar-refractivity contribution in [2.45, 2.75) is 24.9 Å². The summed E-state index contributed by atoms with van der Waals surface area (Å²) in [4.78, 5) is 23.0. The zero-order valence-corrected chi connectivity index (χ0v) is 12.5. The summed E-state index contributed by atoms with van der Waals surface area (Å²) in [5.41, 5.74) is 6.32. The van der Waals surface area contributed by atoms with Crippen LogP contribution in [0.4, 0.5) is 4.39 Å². The Labute approximate surface area is 127 Å². The van der Waals surface area contributed by atoms with Gasteiger partial charge < -0.3 is 16.2 Å². The molecule has 1 rings (SSSR count). The largest absolute Gasteiger partial charge is 0.480 e. The van der Waals surface area contributed by atoms with Gasteiger partial charge in [0.15, 0.2) is 0 Å². The van der Waals surface area contributed by atoms with Crippen LogP contribution in [0.15, 0.2) is 24.3 Å². The number of hydrogen-bond donors (Lipinski definition) is 3. The van der Waals surface area contributed by atoms with E-state index >= 15 is 0 Å². The van der Waals surface area contributed by atoms with Gasteiger partial charge in [-0.05, 0) is 36.1 Å². The van der Waals surface area contributed by atoms with E-state index in [2.05, 4.69) is 5.32 Å². The second kappa shape index (κ2) is 8.63. The fourth-order valence-corrected chi connectivity index (χ4v) is 2.20. The molecule has 0 heterocycles. The van der Waals surface area contributed by atoms with Crippen LogP contribution < -0.4 is 11.1 Å². The highest BCUT2D eigenvalue weighted by Gasteiger charge is 2.23. The van der Waals surface area contributed by atoms with E-state index in [9.17, 15) is 14.0 Å². The number of halogens is 1. The quantitative estimate of drug-likeness (QED) is 0.666. The molecule has 0 aliphatic heterocycles. The highest BCUT2D eigenvalue weighted by Crippen LogP contribution is 2.07. The first-order valence-electron chi connectivity index (χ1n) is 6.46. The predicted octanol–water partition coefficient (Wildman–Crippen LogP) is 1.02. The maximum Gasteiger partial charge on any atom is 0.326 e. The summed E-state index contributed by atoms with van der Waals surface area (Å²) >= 11 is 1.56. The van der Waals surface area contributed by atoms with Crippen LogP contribution in [0.25, 0.3) is 0 Å². The molecule has 4 N–H and O–H groups in total. The Bertz CT molecular complexity index is 482. The number of carboxylic acid groups (broad SMARTS) is 1. The maximum absolute atomic E-state index is 12.8. The van der Waals surface area contributed by atoms with Gasteiger partial charge in [-0.1, -0.05) is 12.1 Å². The molecule has 2 unspecified atom stereocenters. The molecule has 21 heavy (non-hydrogen) atoms. The van der Waals surface area contributed by atoms with Gasteiger partial charge in [0.2, 0.25) is 5.91 Å². The third-order valence-electron chi connectivity index (χ3n) is 2.94. The molecule has 0 saturated heterocycles. The van der Waals surface area contributed by atoms with E-state index in [0.717, 1.165) is 5.75 Å². The van der Waals surface area contributed by atoms with Crippen LogP contribution in [0.3, 0.4) is 0 Å². The molecule has 0 aliphatic rings. The van der Waals surface area contributed by atoms with Crippen molar-refractivity contribution in [1.29, 1.82) is 0 Å². The summed E-state index contributed by atoms with van der Waals surface area (Å²) in [7, 11) is 0. The van der Waals surface area contributed by atoms with Crippen molar-refractivity contribution in [1.82, 2.24) is 5.32 Å². The molecule has 116 valence electrons. The summed E-state index contributed by atoms with van der Waals surface area (Å²) in [6.07, 6.45) is 2.46. The lowest BCUT2D eigenvalue weighted by molar-refractivity contribution is -0.142. The standard InChI is InChI=1S/C14H19FN2O3S/c1-21-7-6-11(16)13(18)17-12(14(19)20)8-9-2-4-10(15)5-3-9/h2-5,11-12H,6-8,16H2,1H3,(H,17,18)(H,19,20). The number of carbonyl (C=O) groups excluding carboxylic acids is 1. The predicted molar refractivity (Wildman–Crippen MR) is 80.6 cm³/mol. The highest BCUT2D eigenvalue weighted by atomic mass is 32.2. The second-order valence-corrected chi connectivity index (χ2v) is 5.60. The van der Waals surface area contributed by atoms with Crippen molar-refractivity contribution in [2.24, 2.45) is 5.73 Å². The topological polar surface area (TPSA) is 92.4 Å². The Morgan fingerprint density at radius 3 is 2.52 bits per heavy atom. The van der Waals surface area contributed by atoms with Crippen molar-refractivity contribution in [3.05, 3.63) is 35.6 Å². The van der Waals surface area contributed by atoms with E-state index in [4.69, 9.17) is 10.8 Å². The lowest BCUT2D eigenvalue weighted by Crippen LogP contribution is -2.49. The Morgan fingerprint density at radius 2 is 2.00 bits per heavy atom. The van der Waals surface area contributed by atoms with Crippen molar-refractivity contribution in [2.75, 3.05) is 12.0 Å². The van der Waals surface area contributed by atoms with Gasteiger partial charge in [-0.15, -0.1) is 0 Å².